The lowest BCUT2D eigenvalue weighted by atomic mass is 10.1. The van der Waals surface area contributed by atoms with Crippen LogP contribution in [-0.4, -0.2) is 4.98 Å². The summed E-state index contributed by atoms with van der Waals surface area (Å²) in [6, 6.07) is 7.71. The van der Waals surface area contributed by atoms with Gasteiger partial charge in [-0.2, -0.15) is 0 Å². The maximum atomic E-state index is 6.13. The standard InChI is InChI=1S/C14H13BrClNO/c1-9-6-12(7-10(2)13(9)16)18-14-11(8-15)4-3-5-17-14/h3-7H,8H2,1-2H3. The van der Waals surface area contributed by atoms with Crippen molar-refractivity contribution in [3.8, 4) is 11.6 Å². The molecule has 1 aromatic heterocycles. The summed E-state index contributed by atoms with van der Waals surface area (Å²) in [6.07, 6.45) is 1.72. The lowest BCUT2D eigenvalue weighted by Crippen LogP contribution is -1.93. The molecule has 0 unspecified atom stereocenters. The highest BCUT2D eigenvalue weighted by atomic mass is 79.9. The number of aryl methyl sites for hydroxylation is 2. The summed E-state index contributed by atoms with van der Waals surface area (Å²) in [5, 5.41) is 1.49. The second kappa shape index (κ2) is 5.72. The van der Waals surface area contributed by atoms with Crippen molar-refractivity contribution in [2.75, 3.05) is 0 Å². The lowest BCUT2D eigenvalue weighted by Gasteiger charge is -2.10. The van der Waals surface area contributed by atoms with Crippen LogP contribution in [0.15, 0.2) is 30.5 Å². The Kier molecular flexibility index (Phi) is 4.25. The summed E-state index contributed by atoms with van der Waals surface area (Å²) in [6.45, 7) is 3.93. The third kappa shape index (κ3) is 2.85. The summed E-state index contributed by atoms with van der Waals surface area (Å²) >= 11 is 9.55. The molecule has 4 heteroatoms. The number of benzene rings is 1. The van der Waals surface area contributed by atoms with Crippen LogP contribution < -0.4 is 4.74 Å². The molecule has 0 saturated carbocycles. The summed E-state index contributed by atoms with van der Waals surface area (Å²) in [5.41, 5.74) is 3.02. The molecule has 2 rings (SSSR count). The minimum Gasteiger partial charge on any atom is -0.439 e. The van der Waals surface area contributed by atoms with Gasteiger partial charge in [-0.15, -0.1) is 0 Å². The molecule has 0 bridgehead atoms. The number of nitrogens with zero attached hydrogens (tertiary/aromatic N) is 1. The van der Waals surface area contributed by atoms with Crippen LogP contribution in [-0.2, 0) is 5.33 Å². The van der Waals surface area contributed by atoms with Crippen molar-refractivity contribution in [1.82, 2.24) is 4.98 Å². The van der Waals surface area contributed by atoms with Crippen LogP contribution in [0.25, 0.3) is 0 Å². The summed E-state index contributed by atoms with van der Waals surface area (Å²) < 4.78 is 5.82. The van der Waals surface area contributed by atoms with Crippen LogP contribution in [0.2, 0.25) is 5.02 Å². The molecule has 0 amide bonds. The van der Waals surface area contributed by atoms with Crippen molar-refractivity contribution in [1.29, 1.82) is 0 Å². The molecule has 0 N–H and O–H groups in total. The van der Waals surface area contributed by atoms with E-state index in [9.17, 15) is 0 Å². The quantitative estimate of drug-likeness (QED) is 0.737. The molecule has 94 valence electrons. The fraction of sp³-hybridized carbons (Fsp3) is 0.214. The highest BCUT2D eigenvalue weighted by Crippen LogP contribution is 2.30. The monoisotopic (exact) mass is 325 g/mol. The van der Waals surface area contributed by atoms with E-state index < -0.39 is 0 Å². The van der Waals surface area contributed by atoms with E-state index in [1.54, 1.807) is 6.20 Å². The normalized spacial score (nSPS) is 10.4. The maximum absolute atomic E-state index is 6.13. The number of alkyl halides is 1. The van der Waals surface area contributed by atoms with Gasteiger partial charge < -0.3 is 4.74 Å². The summed E-state index contributed by atoms with van der Waals surface area (Å²) in [4.78, 5) is 4.24. The first-order valence-electron chi connectivity index (χ1n) is 5.56. The molecule has 1 aromatic carbocycles. The molecule has 0 radical (unpaired) electrons. The zero-order valence-corrected chi connectivity index (χ0v) is 12.5. The van der Waals surface area contributed by atoms with Crippen LogP contribution in [0, 0.1) is 13.8 Å². The number of halogens is 2. The zero-order valence-electron chi connectivity index (χ0n) is 10.2. The third-order valence-corrected chi connectivity index (χ3v) is 3.82. The highest BCUT2D eigenvalue weighted by molar-refractivity contribution is 9.08. The van der Waals surface area contributed by atoms with Crippen LogP contribution in [0.4, 0.5) is 0 Å². The van der Waals surface area contributed by atoms with E-state index in [4.69, 9.17) is 16.3 Å². The third-order valence-electron chi connectivity index (χ3n) is 2.62. The van der Waals surface area contributed by atoms with Crippen LogP contribution in [0.1, 0.15) is 16.7 Å². The Bertz CT molecular complexity index is 548. The first kappa shape index (κ1) is 13.4. The number of hydrogen-bond acceptors (Lipinski definition) is 2. The Labute approximate surface area is 120 Å². The second-order valence-corrected chi connectivity index (χ2v) is 5.01. The van der Waals surface area contributed by atoms with Gasteiger partial charge in [-0.25, -0.2) is 4.98 Å². The average molecular weight is 327 g/mol. The zero-order chi connectivity index (χ0) is 13.1. The maximum Gasteiger partial charge on any atom is 0.223 e. The SMILES string of the molecule is Cc1cc(Oc2ncccc2CBr)cc(C)c1Cl. The van der Waals surface area contributed by atoms with Gasteiger partial charge in [0.1, 0.15) is 5.75 Å². The minimum absolute atomic E-state index is 0.621. The van der Waals surface area contributed by atoms with Gasteiger partial charge in [0, 0.05) is 22.1 Å². The molecular weight excluding hydrogens is 314 g/mol. The topological polar surface area (TPSA) is 22.1 Å². The molecule has 1 heterocycles. The van der Waals surface area contributed by atoms with Crippen LogP contribution in [0.3, 0.4) is 0 Å². The van der Waals surface area contributed by atoms with E-state index in [-0.39, 0.29) is 0 Å². The van der Waals surface area contributed by atoms with E-state index in [1.807, 2.05) is 38.1 Å². The Morgan fingerprint density at radius 1 is 1.28 bits per heavy atom. The molecule has 2 nitrogen and oxygen atoms in total. The molecule has 0 aliphatic carbocycles. The number of aromatic nitrogens is 1. The van der Waals surface area contributed by atoms with E-state index in [0.717, 1.165) is 27.5 Å². The molecule has 2 aromatic rings. The minimum atomic E-state index is 0.621. The van der Waals surface area contributed by atoms with Gasteiger partial charge in [-0.3, -0.25) is 0 Å². The van der Waals surface area contributed by atoms with Gasteiger partial charge in [-0.05, 0) is 43.2 Å². The molecule has 18 heavy (non-hydrogen) atoms. The van der Waals surface area contributed by atoms with Crippen molar-refractivity contribution in [3.05, 3.63) is 52.2 Å². The van der Waals surface area contributed by atoms with E-state index in [0.29, 0.717) is 11.2 Å². The number of rotatable bonds is 3. The number of ether oxygens (including phenoxy) is 1. The van der Waals surface area contributed by atoms with Crippen molar-refractivity contribution >= 4 is 27.5 Å². The largest absolute Gasteiger partial charge is 0.439 e. The number of pyridine rings is 1. The van der Waals surface area contributed by atoms with E-state index >= 15 is 0 Å². The predicted octanol–water partition coefficient (Wildman–Crippen LogP) is 5.04. The van der Waals surface area contributed by atoms with Crippen molar-refractivity contribution in [2.24, 2.45) is 0 Å². The molecule has 0 aliphatic rings. The molecule has 0 atom stereocenters. The Morgan fingerprint density at radius 3 is 2.56 bits per heavy atom. The van der Waals surface area contributed by atoms with Crippen molar-refractivity contribution in [2.45, 2.75) is 19.2 Å². The Hall–Kier alpha value is -1.06. The van der Waals surface area contributed by atoms with Crippen LogP contribution >= 0.6 is 27.5 Å². The summed E-state index contributed by atoms with van der Waals surface area (Å²) in [7, 11) is 0. The van der Waals surface area contributed by atoms with Crippen molar-refractivity contribution < 1.29 is 4.74 Å². The van der Waals surface area contributed by atoms with E-state index in [2.05, 4.69) is 20.9 Å². The molecule has 0 saturated heterocycles. The Balaban J connectivity index is 2.34. The fourth-order valence-corrected chi connectivity index (χ4v) is 2.23. The highest BCUT2D eigenvalue weighted by Gasteiger charge is 2.08. The lowest BCUT2D eigenvalue weighted by molar-refractivity contribution is 0.458. The summed E-state index contributed by atoms with van der Waals surface area (Å²) in [5.74, 6) is 1.38. The first-order chi connectivity index (χ1) is 8.61. The van der Waals surface area contributed by atoms with Gasteiger partial charge in [0.15, 0.2) is 0 Å². The van der Waals surface area contributed by atoms with E-state index in [1.165, 1.54) is 0 Å². The first-order valence-corrected chi connectivity index (χ1v) is 7.06. The molecule has 0 fully saturated rings. The van der Waals surface area contributed by atoms with Crippen molar-refractivity contribution in [3.63, 3.8) is 0 Å². The molecule has 0 aliphatic heterocycles. The average Bonchev–Trinajstić information content (AvgIpc) is 2.36. The molecule has 0 spiro atoms. The van der Waals surface area contributed by atoms with Crippen LogP contribution in [0.5, 0.6) is 11.6 Å². The predicted molar refractivity (Wildman–Crippen MR) is 77.9 cm³/mol. The second-order valence-electron chi connectivity index (χ2n) is 4.07. The Morgan fingerprint density at radius 2 is 1.94 bits per heavy atom. The number of hydrogen-bond donors (Lipinski definition) is 0. The van der Waals surface area contributed by atoms with Gasteiger partial charge in [0.05, 0.1) is 0 Å². The van der Waals surface area contributed by atoms with Gasteiger partial charge in [-0.1, -0.05) is 33.6 Å². The fourth-order valence-electron chi connectivity index (χ4n) is 1.69. The van der Waals surface area contributed by atoms with Gasteiger partial charge in [0.2, 0.25) is 5.88 Å². The van der Waals surface area contributed by atoms with Gasteiger partial charge in [0.25, 0.3) is 0 Å². The smallest absolute Gasteiger partial charge is 0.223 e. The molecular formula is C14H13BrClNO. The van der Waals surface area contributed by atoms with Gasteiger partial charge >= 0.3 is 0 Å².